The smallest absolute Gasteiger partial charge is 0.338 e. The number of hydrogen-bond acceptors (Lipinski definition) is 6. The summed E-state index contributed by atoms with van der Waals surface area (Å²) in [6.45, 7) is 5.14. The second kappa shape index (κ2) is 6.49. The lowest BCUT2D eigenvalue weighted by molar-refractivity contribution is 0.00695. The van der Waals surface area contributed by atoms with Crippen LogP contribution in [0.4, 0.5) is 10.1 Å². The first-order valence-corrected chi connectivity index (χ1v) is 5.93. The first kappa shape index (κ1) is 16.1. The van der Waals surface area contributed by atoms with Crippen LogP contribution in [0.3, 0.4) is 0 Å². The quantitative estimate of drug-likeness (QED) is 0.523. The molecule has 0 heterocycles. The van der Waals surface area contributed by atoms with Crippen LogP contribution in [0.2, 0.25) is 0 Å². The first-order valence-electron chi connectivity index (χ1n) is 5.93. The van der Waals surface area contributed by atoms with Crippen LogP contribution in [0.1, 0.15) is 31.1 Å². The Hall–Kier alpha value is -2.93. The largest absolute Gasteiger partial charge is 0.456 e. The van der Waals surface area contributed by atoms with Gasteiger partial charge in [-0.1, -0.05) is 0 Å². The van der Waals surface area contributed by atoms with Crippen molar-refractivity contribution in [1.29, 1.82) is 10.5 Å². The lowest BCUT2D eigenvalue weighted by Gasteiger charge is -2.19. The minimum atomic E-state index is -0.679. The zero-order chi connectivity index (χ0) is 16.0. The molecule has 0 aliphatic carbocycles. The number of hydrogen-bond donors (Lipinski definition) is 1. The average Bonchev–Trinajstić information content (AvgIpc) is 2.39. The van der Waals surface area contributed by atoms with E-state index in [4.69, 9.17) is 15.3 Å². The summed E-state index contributed by atoms with van der Waals surface area (Å²) >= 11 is 0. The van der Waals surface area contributed by atoms with Crippen molar-refractivity contribution < 1.29 is 13.9 Å². The van der Waals surface area contributed by atoms with Crippen molar-refractivity contribution in [1.82, 2.24) is 0 Å². The van der Waals surface area contributed by atoms with Crippen molar-refractivity contribution in [2.75, 3.05) is 5.43 Å². The zero-order valence-electron chi connectivity index (χ0n) is 11.8. The number of nitrogens with one attached hydrogen (secondary N) is 1. The number of esters is 1. The van der Waals surface area contributed by atoms with Crippen LogP contribution < -0.4 is 5.43 Å². The van der Waals surface area contributed by atoms with Gasteiger partial charge in [0.25, 0.3) is 0 Å². The second-order valence-corrected chi connectivity index (χ2v) is 4.99. The van der Waals surface area contributed by atoms with Gasteiger partial charge >= 0.3 is 5.97 Å². The second-order valence-electron chi connectivity index (χ2n) is 4.99. The number of anilines is 1. The Morgan fingerprint density at radius 3 is 2.48 bits per heavy atom. The van der Waals surface area contributed by atoms with E-state index in [-0.39, 0.29) is 11.3 Å². The van der Waals surface area contributed by atoms with E-state index in [1.54, 1.807) is 20.8 Å². The number of benzene rings is 1. The number of ether oxygens (including phenoxy) is 1. The number of rotatable bonds is 3. The molecule has 0 radical (unpaired) electrons. The highest BCUT2D eigenvalue weighted by atomic mass is 19.1. The molecule has 0 aliphatic rings. The number of halogens is 1. The van der Waals surface area contributed by atoms with Gasteiger partial charge in [0.1, 0.15) is 23.6 Å². The predicted molar refractivity (Wildman–Crippen MR) is 73.9 cm³/mol. The van der Waals surface area contributed by atoms with Gasteiger partial charge in [-0.2, -0.15) is 15.6 Å². The van der Waals surface area contributed by atoms with Crippen LogP contribution >= 0.6 is 0 Å². The lowest BCUT2D eigenvalue weighted by Crippen LogP contribution is -2.24. The van der Waals surface area contributed by atoms with E-state index in [1.165, 1.54) is 24.3 Å². The molecule has 0 amide bonds. The fraction of sp³-hybridized carbons (Fsp3) is 0.286. The highest BCUT2D eigenvalue weighted by Gasteiger charge is 2.18. The summed E-state index contributed by atoms with van der Waals surface area (Å²) in [6.07, 6.45) is 0. The van der Waals surface area contributed by atoms with E-state index in [0.29, 0.717) is 0 Å². The molecule has 0 aliphatic heterocycles. The molecule has 1 aromatic carbocycles. The third kappa shape index (κ3) is 4.92. The fourth-order valence-electron chi connectivity index (χ4n) is 1.27. The number of carbonyl (C=O) groups excluding carboxylic acids is 1. The summed E-state index contributed by atoms with van der Waals surface area (Å²) in [4.78, 5) is 11.9. The Morgan fingerprint density at radius 1 is 1.33 bits per heavy atom. The Morgan fingerprint density at radius 2 is 1.95 bits per heavy atom. The Labute approximate surface area is 121 Å². The number of carbonyl (C=O) groups is 1. The number of nitriles is 2. The van der Waals surface area contributed by atoms with Gasteiger partial charge in [0.2, 0.25) is 5.71 Å². The molecule has 108 valence electrons. The molecule has 0 unspecified atom stereocenters. The molecule has 1 rings (SSSR count). The topological polar surface area (TPSA) is 98.3 Å². The third-order valence-electron chi connectivity index (χ3n) is 2.10. The zero-order valence-corrected chi connectivity index (χ0v) is 11.8. The van der Waals surface area contributed by atoms with E-state index in [0.717, 1.165) is 6.07 Å². The Kier molecular flexibility index (Phi) is 4.98. The molecule has 0 saturated heterocycles. The number of nitrogens with zero attached hydrogens (tertiary/aromatic N) is 3. The molecule has 7 heteroatoms. The van der Waals surface area contributed by atoms with Gasteiger partial charge in [0.05, 0.1) is 11.3 Å². The van der Waals surface area contributed by atoms with Crippen LogP contribution in [0.5, 0.6) is 0 Å². The molecule has 21 heavy (non-hydrogen) atoms. The summed E-state index contributed by atoms with van der Waals surface area (Å²) in [5.74, 6) is -1.29. The summed E-state index contributed by atoms with van der Waals surface area (Å²) in [5.41, 5.74) is 1.08. The van der Waals surface area contributed by atoms with Crippen LogP contribution in [-0.2, 0) is 4.74 Å². The van der Waals surface area contributed by atoms with E-state index < -0.39 is 23.1 Å². The Balaban J connectivity index is 3.01. The maximum Gasteiger partial charge on any atom is 0.338 e. The minimum absolute atomic E-state index is 0.125. The number of hydrazone groups is 1. The minimum Gasteiger partial charge on any atom is -0.456 e. The molecular weight excluding hydrogens is 275 g/mol. The maximum atomic E-state index is 13.6. The van der Waals surface area contributed by atoms with Crippen molar-refractivity contribution in [3.8, 4) is 12.1 Å². The molecule has 1 N–H and O–H groups in total. The standard InChI is InChI=1S/C14H13FN4O2/c1-14(2,3)21-13(20)9-4-5-11(15)12(6-9)19-18-10(7-16)8-17/h4-6,19H,1-3H3. The van der Waals surface area contributed by atoms with Gasteiger partial charge in [0.15, 0.2) is 0 Å². The van der Waals surface area contributed by atoms with Gasteiger partial charge in [-0.05, 0) is 39.0 Å². The fourth-order valence-corrected chi connectivity index (χ4v) is 1.27. The van der Waals surface area contributed by atoms with E-state index in [2.05, 4.69) is 10.5 Å². The third-order valence-corrected chi connectivity index (χ3v) is 2.10. The van der Waals surface area contributed by atoms with Gasteiger partial charge in [0, 0.05) is 0 Å². The highest BCUT2D eigenvalue weighted by molar-refractivity contribution is 6.10. The van der Waals surface area contributed by atoms with E-state index >= 15 is 0 Å². The highest BCUT2D eigenvalue weighted by Crippen LogP contribution is 2.19. The van der Waals surface area contributed by atoms with Gasteiger partial charge < -0.3 is 4.74 Å². The van der Waals surface area contributed by atoms with Crippen molar-refractivity contribution >= 4 is 17.4 Å². The molecule has 0 saturated carbocycles. The maximum absolute atomic E-state index is 13.6. The summed E-state index contributed by atoms with van der Waals surface area (Å²) in [7, 11) is 0. The molecule has 0 atom stereocenters. The summed E-state index contributed by atoms with van der Waals surface area (Å²) in [5, 5.41) is 20.5. The SMILES string of the molecule is CC(C)(C)OC(=O)c1ccc(F)c(NN=C(C#N)C#N)c1. The van der Waals surface area contributed by atoms with Crippen LogP contribution in [0.15, 0.2) is 23.3 Å². The molecular formula is C14H13FN4O2. The van der Waals surface area contributed by atoms with Crippen molar-refractivity contribution in [2.45, 2.75) is 26.4 Å². The summed E-state index contributed by atoms with van der Waals surface area (Å²) < 4.78 is 18.7. The van der Waals surface area contributed by atoms with Crippen LogP contribution in [0, 0.1) is 28.5 Å². The lowest BCUT2D eigenvalue weighted by atomic mass is 10.1. The van der Waals surface area contributed by atoms with E-state index in [1.807, 2.05) is 0 Å². The first-order chi connectivity index (χ1) is 9.76. The van der Waals surface area contributed by atoms with Crippen molar-refractivity contribution in [3.05, 3.63) is 29.6 Å². The molecule has 0 aromatic heterocycles. The van der Waals surface area contributed by atoms with Crippen molar-refractivity contribution in [3.63, 3.8) is 0 Å². The van der Waals surface area contributed by atoms with E-state index in [9.17, 15) is 9.18 Å². The van der Waals surface area contributed by atoms with Crippen LogP contribution in [0.25, 0.3) is 0 Å². The van der Waals surface area contributed by atoms with Gasteiger partial charge in [-0.15, -0.1) is 0 Å². The molecule has 1 aromatic rings. The Bertz CT molecular complexity index is 647. The van der Waals surface area contributed by atoms with Gasteiger partial charge in [-0.25, -0.2) is 9.18 Å². The molecule has 6 nitrogen and oxygen atoms in total. The predicted octanol–water partition coefficient (Wildman–Crippen LogP) is 2.60. The molecule has 0 fully saturated rings. The molecule has 0 bridgehead atoms. The van der Waals surface area contributed by atoms with Crippen LogP contribution in [-0.4, -0.2) is 17.3 Å². The monoisotopic (exact) mass is 288 g/mol. The van der Waals surface area contributed by atoms with Crippen molar-refractivity contribution in [2.24, 2.45) is 5.10 Å². The summed E-state index contributed by atoms with van der Waals surface area (Å²) in [6, 6.07) is 6.57. The average molecular weight is 288 g/mol. The van der Waals surface area contributed by atoms with Gasteiger partial charge in [-0.3, -0.25) is 5.43 Å². The molecule has 0 spiro atoms. The normalized spacial score (nSPS) is 10.0.